The van der Waals surface area contributed by atoms with Gasteiger partial charge >= 0.3 is 5.97 Å². The molecule has 1 aromatic carbocycles. The van der Waals surface area contributed by atoms with E-state index in [4.69, 9.17) is 4.74 Å². The van der Waals surface area contributed by atoms with Gasteiger partial charge in [-0.1, -0.05) is 29.6 Å². The van der Waals surface area contributed by atoms with Gasteiger partial charge in [0.15, 0.2) is 5.70 Å². The highest BCUT2D eigenvalue weighted by atomic mass is 32.2. The third-order valence-corrected chi connectivity index (χ3v) is 6.55. The summed E-state index contributed by atoms with van der Waals surface area (Å²) in [5.74, 6) is -0.712. The number of fused-ring (bicyclic) bond motifs is 1. The van der Waals surface area contributed by atoms with E-state index in [2.05, 4.69) is 4.98 Å². The van der Waals surface area contributed by atoms with E-state index in [0.717, 1.165) is 5.03 Å². The third-order valence-electron chi connectivity index (χ3n) is 4.13. The Hall–Kier alpha value is -2.85. The lowest BCUT2D eigenvalue weighted by atomic mass is 10.2. The molecule has 0 unspecified atom stereocenters. The van der Waals surface area contributed by atoms with E-state index < -0.39 is 10.9 Å². The number of nitro groups is 1. The summed E-state index contributed by atoms with van der Waals surface area (Å²) in [6.07, 6.45) is 2.05. The van der Waals surface area contributed by atoms with Gasteiger partial charge in [-0.05, 0) is 29.8 Å². The second-order valence-electron chi connectivity index (χ2n) is 5.95. The van der Waals surface area contributed by atoms with Gasteiger partial charge in [0, 0.05) is 18.3 Å². The van der Waals surface area contributed by atoms with E-state index in [1.807, 2.05) is 12.1 Å². The number of carbonyl (C=O) groups is 2. The summed E-state index contributed by atoms with van der Waals surface area (Å²) < 4.78 is 6.06. The van der Waals surface area contributed by atoms with Gasteiger partial charge in [0.25, 0.3) is 5.69 Å². The molecule has 8 nitrogen and oxygen atoms in total. The van der Waals surface area contributed by atoms with Crippen LogP contribution in [0.25, 0.3) is 0 Å². The van der Waals surface area contributed by atoms with Crippen LogP contribution in [0.2, 0.25) is 0 Å². The maximum absolute atomic E-state index is 12.7. The number of pyridine rings is 1. The number of rotatable bonds is 6. The van der Waals surface area contributed by atoms with Crippen LogP contribution < -0.4 is 0 Å². The minimum atomic E-state index is -0.597. The molecule has 142 valence electrons. The average Bonchev–Trinajstić information content (AvgIpc) is 2.99. The van der Waals surface area contributed by atoms with Crippen molar-refractivity contribution >= 4 is 41.1 Å². The van der Waals surface area contributed by atoms with Crippen LogP contribution in [0.15, 0.2) is 63.6 Å². The second-order valence-corrected chi connectivity index (χ2v) is 8.42. The van der Waals surface area contributed by atoms with Gasteiger partial charge in [-0.3, -0.25) is 19.8 Å². The maximum Gasteiger partial charge on any atom is 0.357 e. The van der Waals surface area contributed by atoms with E-state index in [1.165, 1.54) is 52.7 Å². The Kier molecular flexibility index (Phi) is 5.05. The molecule has 28 heavy (non-hydrogen) atoms. The van der Waals surface area contributed by atoms with Crippen LogP contribution in [0.1, 0.15) is 12.0 Å². The summed E-state index contributed by atoms with van der Waals surface area (Å²) in [6.45, 7) is -0.0424. The lowest BCUT2D eigenvalue weighted by Gasteiger charge is -2.34. The number of thioether (sulfide) groups is 2. The van der Waals surface area contributed by atoms with E-state index >= 15 is 0 Å². The fraction of sp³-hybridized carbons (Fsp3) is 0.167. The van der Waals surface area contributed by atoms with Gasteiger partial charge in [0.2, 0.25) is 5.91 Å². The Morgan fingerprint density at radius 3 is 2.75 bits per heavy atom. The molecule has 0 radical (unpaired) electrons. The number of benzene rings is 1. The Bertz CT molecular complexity index is 978. The number of hydrogen-bond donors (Lipinski definition) is 0. The number of hydrogen-bond acceptors (Lipinski definition) is 8. The number of carbonyl (C=O) groups excluding carboxylic acids is 2. The minimum absolute atomic E-state index is 0.0342. The molecule has 1 saturated heterocycles. The molecule has 1 amide bonds. The molecule has 0 saturated carbocycles. The molecule has 0 spiro atoms. The smallest absolute Gasteiger partial charge is 0.357 e. The van der Waals surface area contributed by atoms with Crippen LogP contribution in [0.5, 0.6) is 0 Å². The van der Waals surface area contributed by atoms with Crippen LogP contribution in [-0.4, -0.2) is 32.1 Å². The molecule has 1 fully saturated rings. The number of nitro benzene ring substituents is 1. The Labute approximate surface area is 168 Å². The summed E-state index contributed by atoms with van der Waals surface area (Å²) in [6, 6.07) is 11.2. The van der Waals surface area contributed by atoms with Crippen molar-refractivity contribution in [2.45, 2.75) is 23.4 Å². The van der Waals surface area contributed by atoms with E-state index in [-0.39, 0.29) is 29.3 Å². The number of β-lactam (4-membered cyclic amide) rings is 1. The molecule has 2 aliphatic rings. The van der Waals surface area contributed by atoms with Crippen LogP contribution in [0.4, 0.5) is 5.69 Å². The number of amides is 1. The zero-order valence-corrected chi connectivity index (χ0v) is 15.9. The van der Waals surface area contributed by atoms with Gasteiger partial charge < -0.3 is 4.74 Å². The minimum Gasteiger partial charge on any atom is -0.456 e. The van der Waals surface area contributed by atoms with E-state index in [0.29, 0.717) is 16.2 Å². The zero-order chi connectivity index (χ0) is 19.7. The number of ether oxygens (including phenoxy) is 1. The monoisotopic (exact) mass is 415 g/mol. The van der Waals surface area contributed by atoms with Crippen molar-refractivity contribution in [3.63, 3.8) is 0 Å². The quantitative estimate of drug-likeness (QED) is 0.306. The van der Waals surface area contributed by atoms with Crippen molar-refractivity contribution in [3.8, 4) is 0 Å². The van der Waals surface area contributed by atoms with E-state index in [9.17, 15) is 19.7 Å². The fourth-order valence-corrected chi connectivity index (χ4v) is 5.32. The van der Waals surface area contributed by atoms with Gasteiger partial charge in [-0.2, -0.15) is 0 Å². The molecule has 2 aliphatic heterocycles. The molecular formula is C18H13N3O5S2. The summed E-state index contributed by atoms with van der Waals surface area (Å²) in [5.41, 5.74) is 0.826. The molecule has 4 rings (SSSR count). The van der Waals surface area contributed by atoms with Crippen molar-refractivity contribution in [2.75, 3.05) is 0 Å². The van der Waals surface area contributed by atoms with Gasteiger partial charge in [0.1, 0.15) is 11.6 Å². The first-order chi connectivity index (χ1) is 13.5. The predicted octanol–water partition coefficient (Wildman–Crippen LogP) is 3.30. The van der Waals surface area contributed by atoms with Gasteiger partial charge in [-0.25, -0.2) is 9.78 Å². The zero-order valence-electron chi connectivity index (χ0n) is 14.3. The summed E-state index contributed by atoms with van der Waals surface area (Å²) in [5, 5.41) is 11.3. The highest BCUT2D eigenvalue weighted by molar-refractivity contribution is 8.22. The first kappa shape index (κ1) is 18.5. The topological polar surface area (TPSA) is 103 Å². The van der Waals surface area contributed by atoms with Gasteiger partial charge in [0.05, 0.1) is 21.0 Å². The normalized spacial score (nSPS) is 17.9. The lowest BCUT2D eigenvalue weighted by Crippen LogP contribution is -2.48. The number of esters is 1. The Morgan fingerprint density at radius 2 is 2.11 bits per heavy atom. The van der Waals surface area contributed by atoms with Crippen molar-refractivity contribution < 1.29 is 19.2 Å². The summed E-state index contributed by atoms with van der Waals surface area (Å²) in [7, 11) is 0. The molecule has 0 aliphatic carbocycles. The molecule has 0 N–H and O–H groups in total. The predicted molar refractivity (Wildman–Crippen MR) is 103 cm³/mol. The van der Waals surface area contributed by atoms with Crippen molar-refractivity contribution in [3.05, 3.63) is 74.3 Å². The molecule has 1 aromatic heterocycles. The fourth-order valence-electron chi connectivity index (χ4n) is 2.72. The standard InChI is InChI=1S/C18H13N3O5S2/c22-14-9-15-20(14)16(18(28-15)27-13-3-1-2-8-19-13)17(23)26-10-11-4-6-12(7-5-11)21(24)25/h1-8,15H,9-10H2/t15-/m1/s1. The molecular weight excluding hydrogens is 402 g/mol. The first-order valence-corrected chi connectivity index (χ1v) is 9.95. The van der Waals surface area contributed by atoms with Crippen molar-refractivity contribution in [2.24, 2.45) is 0 Å². The summed E-state index contributed by atoms with van der Waals surface area (Å²) >= 11 is 2.78. The highest BCUT2D eigenvalue weighted by Crippen LogP contribution is 2.52. The Balaban J connectivity index is 1.50. The number of non-ortho nitro benzene ring substituents is 1. The first-order valence-electron chi connectivity index (χ1n) is 8.25. The SMILES string of the molecule is O=C(OCc1ccc([N+](=O)[O-])cc1)C1=C(Sc2ccccn2)S[C@@H]2CC(=O)N12. The van der Waals surface area contributed by atoms with Crippen molar-refractivity contribution in [1.29, 1.82) is 0 Å². The number of nitrogens with zero attached hydrogens (tertiary/aromatic N) is 3. The van der Waals surface area contributed by atoms with Gasteiger partial charge in [-0.15, -0.1) is 0 Å². The molecule has 3 heterocycles. The third kappa shape index (κ3) is 3.60. The summed E-state index contributed by atoms with van der Waals surface area (Å²) in [4.78, 5) is 40.6. The highest BCUT2D eigenvalue weighted by Gasteiger charge is 2.49. The van der Waals surface area contributed by atoms with Crippen LogP contribution >= 0.6 is 23.5 Å². The second kappa shape index (κ2) is 7.64. The molecule has 10 heteroatoms. The van der Waals surface area contributed by atoms with Crippen LogP contribution in [0.3, 0.4) is 0 Å². The maximum atomic E-state index is 12.7. The molecule has 1 atom stereocenters. The molecule has 0 bridgehead atoms. The van der Waals surface area contributed by atoms with E-state index in [1.54, 1.807) is 12.3 Å². The largest absolute Gasteiger partial charge is 0.456 e. The number of aromatic nitrogens is 1. The van der Waals surface area contributed by atoms with Crippen LogP contribution in [0, 0.1) is 10.1 Å². The average molecular weight is 415 g/mol. The van der Waals surface area contributed by atoms with Crippen molar-refractivity contribution in [1.82, 2.24) is 9.88 Å². The van der Waals surface area contributed by atoms with Crippen LogP contribution in [-0.2, 0) is 20.9 Å². The lowest BCUT2D eigenvalue weighted by molar-refractivity contribution is -0.384. The molecule has 2 aromatic rings. The Morgan fingerprint density at radius 1 is 1.32 bits per heavy atom.